The number of fused-ring (bicyclic) bond motifs is 1. The number of benzene rings is 1. The number of aryl methyl sites for hydroxylation is 2. The lowest BCUT2D eigenvalue weighted by Gasteiger charge is -2.12. The molecule has 0 bridgehead atoms. The molecule has 1 aliphatic rings. The molecule has 0 saturated heterocycles. The Morgan fingerprint density at radius 3 is 2.66 bits per heavy atom. The van der Waals surface area contributed by atoms with E-state index in [-0.39, 0.29) is 18.7 Å². The lowest BCUT2D eigenvalue weighted by Crippen LogP contribution is -2.39. The van der Waals surface area contributed by atoms with Gasteiger partial charge >= 0.3 is 5.69 Å². The molecule has 3 aromatic heterocycles. The second kappa shape index (κ2) is 7.79. The van der Waals surface area contributed by atoms with Crippen LogP contribution in [0.4, 0.5) is 5.95 Å². The zero-order valence-electron chi connectivity index (χ0n) is 17.9. The van der Waals surface area contributed by atoms with Crippen LogP contribution in [0, 0.1) is 0 Å². The largest absolute Gasteiger partial charge is 0.393 e. The summed E-state index contributed by atoms with van der Waals surface area (Å²) in [4.78, 5) is 30.8. The van der Waals surface area contributed by atoms with Gasteiger partial charge in [0.1, 0.15) is 0 Å². The molecule has 0 spiro atoms. The smallest absolute Gasteiger partial charge is 0.332 e. The Morgan fingerprint density at radius 2 is 1.94 bits per heavy atom. The van der Waals surface area contributed by atoms with Gasteiger partial charge in [0.15, 0.2) is 11.2 Å². The minimum Gasteiger partial charge on any atom is -0.393 e. The van der Waals surface area contributed by atoms with Crippen LogP contribution in [0.2, 0.25) is 0 Å². The van der Waals surface area contributed by atoms with Crippen LogP contribution in [-0.2, 0) is 20.6 Å². The maximum Gasteiger partial charge on any atom is 0.332 e. The molecule has 3 heterocycles. The van der Waals surface area contributed by atoms with E-state index in [9.17, 15) is 14.7 Å². The van der Waals surface area contributed by atoms with Gasteiger partial charge in [-0.1, -0.05) is 30.3 Å². The first-order chi connectivity index (χ1) is 15.4. The predicted octanol–water partition coefficient (Wildman–Crippen LogP) is 1.20. The van der Waals surface area contributed by atoms with Crippen molar-refractivity contribution in [1.82, 2.24) is 28.9 Å². The van der Waals surface area contributed by atoms with E-state index in [1.165, 1.54) is 9.13 Å². The average Bonchev–Trinajstić information content (AvgIpc) is 3.50. The third kappa shape index (κ3) is 3.42. The summed E-state index contributed by atoms with van der Waals surface area (Å²) < 4.78 is 4.26. The molecular weight excluding hydrogens is 410 g/mol. The summed E-state index contributed by atoms with van der Waals surface area (Å²) in [5.41, 5.74) is 2.17. The van der Waals surface area contributed by atoms with Crippen LogP contribution in [0.25, 0.3) is 22.4 Å². The molecule has 0 amide bonds. The molecule has 2 atom stereocenters. The fourth-order valence-electron chi connectivity index (χ4n) is 4.35. The van der Waals surface area contributed by atoms with E-state index >= 15 is 0 Å². The fourth-order valence-corrected chi connectivity index (χ4v) is 4.35. The van der Waals surface area contributed by atoms with Crippen molar-refractivity contribution >= 4 is 17.1 Å². The zero-order chi connectivity index (χ0) is 22.4. The summed E-state index contributed by atoms with van der Waals surface area (Å²) >= 11 is 0. The molecule has 10 heteroatoms. The van der Waals surface area contributed by atoms with Gasteiger partial charge in [0, 0.05) is 25.7 Å². The quantitative estimate of drug-likeness (QED) is 0.433. The second-order valence-corrected chi connectivity index (χ2v) is 8.35. The highest BCUT2D eigenvalue weighted by atomic mass is 16.3. The molecule has 32 heavy (non-hydrogen) atoms. The summed E-state index contributed by atoms with van der Waals surface area (Å²) in [6.45, 7) is 0.0735. The Bertz CT molecular complexity index is 1400. The minimum absolute atomic E-state index is 0.0735. The number of nitrogens with one attached hydrogen (secondary N) is 2. The number of imidazole rings is 1. The van der Waals surface area contributed by atoms with Gasteiger partial charge in [-0.15, -0.1) is 0 Å². The number of H-pyrrole nitrogens is 1. The van der Waals surface area contributed by atoms with E-state index in [1.807, 2.05) is 36.4 Å². The van der Waals surface area contributed by atoms with E-state index in [2.05, 4.69) is 20.5 Å². The van der Waals surface area contributed by atoms with Gasteiger partial charge in [-0.25, -0.2) is 4.79 Å². The molecule has 10 nitrogen and oxygen atoms in total. The molecule has 1 saturated carbocycles. The third-order valence-corrected chi connectivity index (χ3v) is 6.13. The van der Waals surface area contributed by atoms with Crippen LogP contribution in [0.1, 0.15) is 25.0 Å². The maximum absolute atomic E-state index is 13.3. The predicted molar refractivity (Wildman–Crippen MR) is 121 cm³/mol. The van der Waals surface area contributed by atoms with Crippen molar-refractivity contribution in [3.8, 4) is 11.3 Å². The van der Waals surface area contributed by atoms with E-state index < -0.39 is 11.2 Å². The van der Waals surface area contributed by atoms with Crippen LogP contribution in [-0.4, -0.2) is 46.1 Å². The average molecular weight is 435 g/mol. The van der Waals surface area contributed by atoms with Gasteiger partial charge in [-0.05, 0) is 25.3 Å². The summed E-state index contributed by atoms with van der Waals surface area (Å²) in [5.74, 6) is 0.511. The van der Waals surface area contributed by atoms with Crippen molar-refractivity contribution in [2.24, 2.45) is 14.1 Å². The SMILES string of the molecule is Cn1c(N[C@H]2CC[C@@H](O)C2)nc2c1c(=O)n(Cc1cc(-c3ccccc3)n[nH]1)c(=O)n2C. The summed E-state index contributed by atoms with van der Waals surface area (Å²) in [5, 5.41) is 20.3. The molecule has 1 aliphatic carbocycles. The summed E-state index contributed by atoms with van der Waals surface area (Å²) in [6, 6.07) is 11.6. The van der Waals surface area contributed by atoms with Gasteiger partial charge < -0.3 is 15.0 Å². The van der Waals surface area contributed by atoms with Crippen LogP contribution in [0.5, 0.6) is 0 Å². The molecule has 0 radical (unpaired) electrons. The van der Waals surface area contributed by atoms with E-state index in [0.29, 0.717) is 29.2 Å². The van der Waals surface area contributed by atoms with E-state index in [1.54, 1.807) is 18.7 Å². The van der Waals surface area contributed by atoms with Gasteiger partial charge in [-0.3, -0.25) is 19.0 Å². The van der Waals surface area contributed by atoms with Crippen LogP contribution in [0.15, 0.2) is 46.0 Å². The van der Waals surface area contributed by atoms with E-state index in [4.69, 9.17) is 0 Å². The van der Waals surface area contributed by atoms with Crippen molar-refractivity contribution in [1.29, 1.82) is 0 Å². The molecule has 0 unspecified atom stereocenters. The monoisotopic (exact) mass is 435 g/mol. The molecule has 4 aromatic rings. The maximum atomic E-state index is 13.3. The molecule has 1 fully saturated rings. The molecule has 3 N–H and O–H groups in total. The molecule has 5 rings (SSSR count). The first kappa shape index (κ1) is 20.3. The van der Waals surface area contributed by atoms with Crippen LogP contribution < -0.4 is 16.6 Å². The standard InChI is InChI=1S/C22H25N7O3/c1-27-18-19(24-21(27)23-14-8-9-16(30)10-14)28(2)22(32)29(20(18)31)12-15-11-17(26-25-15)13-6-4-3-5-7-13/h3-7,11,14,16,30H,8-10,12H2,1-2H3,(H,23,24)(H,25,26)/t14-,16+/m0/s1. The lowest BCUT2D eigenvalue weighted by atomic mass is 10.1. The molecule has 0 aliphatic heterocycles. The number of nitrogens with zero attached hydrogens (tertiary/aromatic N) is 5. The van der Waals surface area contributed by atoms with Crippen LogP contribution in [0.3, 0.4) is 0 Å². The second-order valence-electron chi connectivity index (χ2n) is 8.35. The molecule has 166 valence electrons. The summed E-state index contributed by atoms with van der Waals surface area (Å²) in [6.07, 6.45) is 1.88. The Morgan fingerprint density at radius 1 is 1.16 bits per heavy atom. The van der Waals surface area contributed by atoms with Crippen molar-refractivity contribution in [2.45, 2.75) is 38.0 Å². The molecular formula is C22H25N7O3. The number of aromatic amines is 1. The van der Waals surface area contributed by atoms with E-state index in [0.717, 1.165) is 24.1 Å². The number of aliphatic hydroxyl groups is 1. The number of hydrogen-bond donors (Lipinski definition) is 3. The van der Waals surface area contributed by atoms with Gasteiger partial charge in [0.05, 0.1) is 24.0 Å². The Kier molecular flexibility index (Phi) is 4.93. The van der Waals surface area contributed by atoms with Gasteiger partial charge in [0.25, 0.3) is 5.56 Å². The number of aliphatic hydroxyl groups excluding tert-OH is 1. The molecule has 1 aromatic carbocycles. The summed E-state index contributed by atoms with van der Waals surface area (Å²) in [7, 11) is 3.36. The number of hydrogen-bond acceptors (Lipinski definition) is 6. The first-order valence-electron chi connectivity index (χ1n) is 10.6. The highest BCUT2D eigenvalue weighted by Crippen LogP contribution is 2.23. The minimum atomic E-state index is -0.445. The van der Waals surface area contributed by atoms with Crippen molar-refractivity contribution in [3.05, 3.63) is 62.9 Å². The lowest BCUT2D eigenvalue weighted by molar-refractivity contribution is 0.182. The Hall–Kier alpha value is -3.66. The zero-order valence-corrected chi connectivity index (χ0v) is 17.9. The topological polar surface area (TPSA) is 123 Å². The number of anilines is 1. The fraction of sp³-hybridized carbons (Fsp3) is 0.364. The normalized spacial score (nSPS) is 18.5. The van der Waals surface area contributed by atoms with Crippen LogP contribution >= 0.6 is 0 Å². The Labute approximate surface area is 183 Å². The van der Waals surface area contributed by atoms with Crippen molar-refractivity contribution in [2.75, 3.05) is 5.32 Å². The van der Waals surface area contributed by atoms with Crippen molar-refractivity contribution < 1.29 is 5.11 Å². The highest BCUT2D eigenvalue weighted by molar-refractivity contribution is 5.74. The number of aromatic nitrogens is 6. The first-order valence-corrected chi connectivity index (χ1v) is 10.6. The highest BCUT2D eigenvalue weighted by Gasteiger charge is 2.25. The third-order valence-electron chi connectivity index (χ3n) is 6.13. The number of rotatable bonds is 5. The van der Waals surface area contributed by atoms with Crippen molar-refractivity contribution in [3.63, 3.8) is 0 Å². The van der Waals surface area contributed by atoms with Gasteiger partial charge in [-0.2, -0.15) is 10.1 Å². The van der Waals surface area contributed by atoms with Gasteiger partial charge in [0.2, 0.25) is 5.95 Å². The Balaban J connectivity index is 1.52.